The molecule has 0 saturated carbocycles. The van der Waals surface area contributed by atoms with Gasteiger partial charge in [-0.05, 0) is 12.1 Å². The molecular formula is C11H8N4O2. The summed E-state index contributed by atoms with van der Waals surface area (Å²) >= 11 is 0. The minimum Gasteiger partial charge on any atom is -0.477 e. The Morgan fingerprint density at radius 1 is 1.29 bits per heavy atom. The van der Waals surface area contributed by atoms with E-state index in [1.54, 1.807) is 6.20 Å². The predicted molar refractivity (Wildman–Crippen MR) is 59.7 cm³/mol. The van der Waals surface area contributed by atoms with Crippen molar-refractivity contribution in [2.45, 2.75) is 0 Å². The van der Waals surface area contributed by atoms with Crippen LogP contribution in [-0.4, -0.2) is 30.4 Å². The second-order valence-electron chi connectivity index (χ2n) is 3.52. The molecule has 0 unspecified atom stereocenters. The smallest absolute Gasteiger partial charge is 0.353 e. The molecule has 3 aromatic heterocycles. The number of pyridine rings is 1. The van der Waals surface area contributed by atoms with Crippen LogP contribution < -0.4 is 0 Å². The Balaban J connectivity index is 2.17. The Morgan fingerprint density at radius 3 is 2.94 bits per heavy atom. The summed E-state index contributed by atoms with van der Waals surface area (Å²) in [6.45, 7) is 0. The number of fused-ring (bicyclic) bond motifs is 1. The van der Waals surface area contributed by atoms with Crippen LogP contribution in [0.1, 0.15) is 10.5 Å². The summed E-state index contributed by atoms with van der Waals surface area (Å²) in [4.78, 5) is 21.7. The molecule has 84 valence electrons. The summed E-state index contributed by atoms with van der Waals surface area (Å²) in [6.07, 6.45) is 4.79. The number of aromatic amines is 1. The fourth-order valence-electron chi connectivity index (χ4n) is 1.67. The summed E-state index contributed by atoms with van der Waals surface area (Å²) in [5.74, 6) is -0.543. The van der Waals surface area contributed by atoms with Crippen molar-refractivity contribution in [3.63, 3.8) is 0 Å². The lowest BCUT2D eigenvalue weighted by molar-refractivity contribution is 0.0691. The van der Waals surface area contributed by atoms with Crippen LogP contribution in [0.4, 0.5) is 0 Å². The molecule has 0 spiro atoms. The SMILES string of the molecule is O=C(O)c1cnc(-c2cnc3ccccn23)[nH]1. The summed E-state index contributed by atoms with van der Waals surface area (Å²) in [5, 5.41) is 8.82. The van der Waals surface area contributed by atoms with Gasteiger partial charge < -0.3 is 10.1 Å². The molecule has 0 radical (unpaired) electrons. The highest BCUT2D eigenvalue weighted by molar-refractivity contribution is 5.85. The zero-order valence-corrected chi connectivity index (χ0v) is 8.66. The van der Waals surface area contributed by atoms with E-state index < -0.39 is 5.97 Å². The van der Waals surface area contributed by atoms with Crippen LogP contribution in [0.15, 0.2) is 36.8 Å². The number of aromatic carboxylic acids is 1. The first kappa shape index (κ1) is 9.59. The Bertz CT molecular complexity index is 698. The third kappa shape index (κ3) is 1.46. The molecule has 0 amide bonds. The Morgan fingerprint density at radius 2 is 2.18 bits per heavy atom. The van der Waals surface area contributed by atoms with E-state index in [1.807, 2.05) is 28.8 Å². The number of imidazole rings is 2. The fraction of sp³-hybridized carbons (Fsp3) is 0. The van der Waals surface area contributed by atoms with Crippen LogP contribution >= 0.6 is 0 Å². The number of carboxylic acids is 1. The van der Waals surface area contributed by atoms with Gasteiger partial charge >= 0.3 is 5.97 Å². The molecule has 3 heterocycles. The zero-order chi connectivity index (χ0) is 11.8. The van der Waals surface area contributed by atoms with Crippen LogP contribution in [0.5, 0.6) is 0 Å². The number of aromatic nitrogens is 4. The van der Waals surface area contributed by atoms with Crippen LogP contribution in [-0.2, 0) is 0 Å². The number of carboxylic acid groups (broad SMARTS) is 1. The lowest BCUT2D eigenvalue weighted by atomic mass is 10.4. The molecule has 0 saturated heterocycles. The topological polar surface area (TPSA) is 83.3 Å². The van der Waals surface area contributed by atoms with Crippen molar-refractivity contribution in [1.82, 2.24) is 19.4 Å². The van der Waals surface area contributed by atoms with Gasteiger partial charge in [-0.1, -0.05) is 6.07 Å². The molecule has 0 aliphatic rings. The average molecular weight is 228 g/mol. The van der Waals surface area contributed by atoms with Gasteiger partial charge in [0.15, 0.2) is 5.82 Å². The maximum Gasteiger partial charge on any atom is 0.353 e. The normalized spacial score (nSPS) is 10.8. The molecule has 6 nitrogen and oxygen atoms in total. The van der Waals surface area contributed by atoms with Gasteiger partial charge in [0.25, 0.3) is 0 Å². The maximum absolute atomic E-state index is 10.8. The van der Waals surface area contributed by atoms with Crippen LogP contribution in [0, 0.1) is 0 Å². The molecule has 17 heavy (non-hydrogen) atoms. The monoisotopic (exact) mass is 228 g/mol. The van der Waals surface area contributed by atoms with E-state index in [4.69, 9.17) is 5.11 Å². The van der Waals surface area contributed by atoms with Gasteiger partial charge in [-0.2, -0.15) is 0 Å². The minimum atomic E-state index is -1.03. The molecule has 3 aromatic rings. The van der Waals surface area contributed by atoms with Crippen molar-refractivity contribution in [2.24, 2.45) is 0 Å². The molecule has 0 fully saturated rings. The summed E-state index contributed by atoms with van der Waals surface area (Å²) < 4.78 is 1.84. The molecule has 2 N–H and O–H groups in total. The van der Waals surface area contributed by atoms with Gasteiger partial charge in [-0.3, -0.25) is 4.40 Å². The highest BCUT2D eigenvalue weighted by atomic mass is 16.4. The molecule has 0 aliphatic heterocycles. The van der Waals surface area contributed by atoms with Crippen LogP contribution in [0.25, 0.3) is 17.2 Å². The first-order valence-electron chi connectivity index (χ1n) is 4.96. The third-order valence-electron chi connectivity index (χ3n) is 2.47. The van der Waals surface area contributed by atoms with E-state index >= 15 is 0 Å². The number of nitrogens with zero attached hydrogens (tertiary/aromatic N) is 3. The molecule has 0 atom stereocenters. The van der Waals surface area contributed by atoms with Crippen LogP contribution in [0.2, 0.25) is 0 Å². The first-order valence-corrected chi connectivity index (χ1v) is 4.96. The molecule has 3 rings (SSSR count). The first-order chi connectivity index (χ1) is 8.25. The van der Waals surface area contributed by atoms with E-state index in [0.29, 0.717) is 5.82 Å². The third-order valence-corrected chi connectivity index (χ3v) is 2.47. The lowest BCUT2D eigenvalue weighted by Gasteiger charge is -1.96. The van der Waals surface area contributed by atoms with Crippen molar-refractivity contribution < 1.29 is 9.90 Å². The number of nitrogens with one attached hydrogen (secondary N) is 1. The standard InChI is InChI=1S/C11H8N4O2/c16-11(17)7-5-13-10(14-7)8-6-12-9-3-1-2-4-15(8)9/h1-6H,(H,13,14)(H,16,17). The maximum atomic E-state index is 10.8. The second-order valence-corrected chi connectivity index (χ2v) is 3.52. The van der Waals surface area contributed by atoms with E-state index in [-0.39, 0.29) is 5.69 Å². The number of H-pyrrole nitrogens is 1. The molecule has 6 heteroatoms. The predicted octanol–water partition coefficient (Wildman–Crippen LogP) is 1.42. The highest BCUT2D eigenvalue weighted by Crippen LogP contribution is 2.17. The zero-order valence-electron chi connectivity index (χ0n) is 8.66. The summed E-state index contributed by atoms with van der Waals surface area (Å²) in [6, 6.07) is 5.63. The van der Waals surface area contributed by atoms with Gasteiger partial charge in [0, 0.05) is 6.20 Å². The summed E-state index contributed by atoms with van der Waals surface area (Å²) in [5.41, 5.74) is 1.58. The van der Waals surface area contributed by atoms with Crippen molar-refractivity contribution in [3.05, 3.63) is 42.5 Å². The number of rotatable bonds is 2. The van der Waals surface area contributed by atoms with Gasteiger partial charge in [0.1, 0.15) is 17.0 Å². The van der Waals surface area contributed by atoms with Crippen molar-refractivity contribution >= 4 is 11.6 Å². The largest absolute Gasteiger partial charge is 0.477 e. The van der Waals surface area contributed by atoms with E-state index in [1.165, 1.54) is 6.20 Å². The summed E-state index contributed by atoms with van der Waals surface area (Å²) in [7, 11) is 0. The molecule has 0 aromatic carbocycles. The number of hydrogen-bond donors (Lipinski definition) is 2. The van der Waals surface area contributed by atoms with E-state index in [2.05, 4.69) is 15.0 Å². The Kier molecular flexibility index (Phi) is 1.94. The Hall–Kier alpha value is -2.63. The van der Waals surface area contributed by atoms with Crippen molar-refractivity contribution in [1.29, 1.82) is 0 Å². The minimum absolute atomic E-state index is 0.0610. The van der Waals surface area contributed by atoms with E-state index in [9.17, 15) is 4.79 Å². The fourth-order valence-corrected chi connectivity index (χ4v) is 1.67. The highest BCUT2D eigenvalue weighted by Gasteiger charge is 2.11. The van der Waals surface area contributed by atoms with Crippen molar-refractivity contribution in [3.8, 4) is 11.5 Å². The quantitative estimate of drug-likeness (QED) is 0.694. The van der Waals surface area contributed by atoms with Crippen molar-refractivity contribution in [2.75, 3.05) is 0 Å². The second kappa shape index (κ2) is 3.44. The Labute approximate surface area is 95.6 Å². The molecule has 0 bridgehead atoms. The average Bonchev–Trinajstić information content (AvgIpc) is 2.95. The molecule has 0 aliphatic carbocycles. The number of hydrogen-bond acceptors (Lipinski definition) is 3. The van der Waals surface area contributed by atoms with E-state index in [0.717, 1.165) is 11.3 Å². The lowest BCUT2D eigenvalue weighted by Crippen LogP contribution is -1.96. The van der Waals surface area contributed by atoms with Crippen LogP contribution in [0.3, 0.4) is 0 Å². The van der Waals surface area contributed by atoms with Gasteiger partial charge in [-0.15, -0.1) is 0 Å². The molecular weight excluding hydrogens is 220 g/mol. The number of carbonyl (C=O) groups is 1. The van der Waals surface area contributed by atoms with Gasteiger partial charge in [-0.25, -0.2) is 14.8 Å². The van der Waals surface area contributed by atoms with Gasteiger partial charge in [0.05, 0.1) is 12.4 Å². The van der Waals surface area contributed by atoms with Gasteiger partial charge in [0.2, 0.25) is 0 Å².